The molecule has 0 bridgehead atoms. The van der Waals surface area contributed by atoms with Crippen LogP contribution in [0.1, 0.15) is 0 Å². The van der Waals surface area contributed by atoms with Gasteiger partial charge in [0.2, 0.25) is 0 Å². The Hall–Kier alpha value is -0.170. The lowest BCUT2D eigenvalue weighted by molar-refractivity contribution is -0.938. The number of nitrogens with zero attached hydrogens (tertiary/aromatic N) is 1. The molecule has 62 valence electrons. The van der Waals surface area contributed by atoms with Crippen LogP contribution in [-0.2, 0) is 14.4 Å². The van der Waals surface area contributed by atoms with Crippen LogP contribution in [0.15, 0.2) is 0 Å². The fourth-order valence-corrected chi connectivity index (χ4v) is 0.539. The van der Waals surface area contributed by atoms with Crippen molar-refractivity contribution in [2.24, 2.45) is 0 Å². The molecule has 0 aliphatic heterocycles. The molecule has 0 unspecified atom stereocenters. The fraction of sp³-hybridized carbons (Fsp3) is 1.00. The lowest BCUT2D eigenvalue weighted by Crippen LogP contribution is -2.48. The van der Waals surface area contributed by atoms with Gasteiger partial charge >= 0.3 is 0 Å². The van der Waals surface area contributed by atoms with E-state index in [9.17, 15) is 8.42 Å². The first-order chi connectivity index (χ1) is 4.21. The van der Waals surface area contributed by atoms with Crippen LogP contribution in [0.3, 0.4) is 0 Å². The van der Waals surface area contributed by atoms with Crippen LogP contribution in [0.4, 0.5) is 0 Å². The highest BCUT2D eigenvalue weighted by molar-refractivity contribution is 7.85. The first-order valence-corrected chi connectivity index (χ1v) is 4.49. The lowest BCUT2D eigenvalue weighted by atomic mass is 10.9. The van der Waals surface area contributed by atoms with Crippen molar-refractivity contribution in [3.05, 3.63) is 0 Å². The summed E-state index contributed by atoms with van der Waals surface area (Å²) >= 11 is 0. The second-order valence-corrected chi connectivity index (χ2v) is 4.47. The Morgan fingerprint density at radius 2 is 1.70 bits per heavy atom. The minimum absolute atomic E-state index is 0.229. The van der Waals surface area contributed by atoms with Crippen molar-refractivity contribution in [1.82, 2.24) is 5.59 Å². The molecule has 0 heterocycles. The molecule has 0 saturated heterocycles. The van der Waals surface area contributed by atoms with Gasteiger partial charge in [0.25, 0.3) is 10.1 Å². The van der Waals surface area contributed by atoms with Crippen LogP contribution < -0.4 is 5.59 Å². The summed E-state index contributed by atoms with van der Waals surface area (Å²) in [4.78, 5) is 0. The van der Waals surface area contributed by atoms with Crippen LogP contribution >= 0.6 is 0 Å². The maximum Gasteiger partial charge on any atom is 0.284 e. The summed E-state index contributed by atoms with van der Waals surface area (Å²) in [7, 11) is 1.84. The molecule has 0 saturated carbocycles. The van der Waals surface area contributed by atoms with Crippen molar-refractivity contribution in [2.45, 2.75) is 0 Å². The van der Waals surface area contributed by atoms with Crippen LogP contribution in [0, 0.1) is 0 Å². The van der Waals surface area contributed by atoms with E-state index in [1.165, 1.54) is 0 Å². The second-order valence-electron chi connectivity index (χ2n) is 2.89. The predicted molar refractivity (Wildman–Crippen MR) is 37.1 cm³/mol. The summed E-state index contributed by atoms with van der Waals surface area (Å²) in [6.45, 7) is 0. The van der Waals surface area contributed by atoms with Gasteiger partial charge in [-0.1, -0.05) is 0 Å². The molecule has 10 heavy (non-hydrogen) atoms. The van der Waals surface area contributed by atoms with Crippen LogP contribution in [0.2, 0.25) is 0 Å². The zero-order valence-electron chi connectivity index (χ0n) is 6.58. The molecule has 0 atom stereocenters. The minimum atomic E-state index is -3.38. The molecular weight excluding hydrogens is 156 g/mol. The van der Waals surface area contributed by atoms with Gasteiger partial charge in [-0.15, -0.1) is 4.28 Å². The summed E-state index contributed by atoms with van der Waals surface area (Å²) in [5, 5.41) is 0. The van der Waals surface area contributed by atoms with E-state index in [1.807, 2.05) is 0 Å². The monoisotopic (exact) mass is 169 g/mol. The number of hydrogen-bond donors (Lipinski definition) is 1. The molecule has 0 rings (SSSR count). The number of nitrogens with one attached hydrogen (secondary N) is 1. The number of hydrogen-bond acceptors (Lipinski definition) is 4. The molecule has 0 aliphatic carbocycles. The molecular formula is C4H13N2O3S+. The van der Waals surface area contributed by atoms with Gasteiger partial charge in [0, 0.05) is 0 Å². The van der Waals surface area contributed by atoms with Crippen molar-refractivity contribution in [3.63, 3.8) is 0 Å². The third-order valence-electron chi connectivity index (χ3n) is 0.463. The lowest BCUT2D eigenvalue weighted by Gasteiger charge is -2.21. The van der Waals surface area contributed by atoms with Crippen molar-refractivity contribution >= 4 is 10.1 Å². The summed E-state index contributed by atoms with van der Waals surface area (Å²) in [5.74, 6) is 0. The molecule has 0 spiro atoms. The van der Waals surface area contributed by atoms with E-state index in [0.29, 0.717) is 0 Å². The molecule has 0 aromatic carbocycles. The average molecular weight is 169 g/mol. The smallest absolute Gasteiger partial charge is 0.228 e. The van der Waals surface area contributed by atoms with Gasteiger partial charge in [0.15, 0.2) is 0 Å². The normalized spacial score (nSPS) is 13.6. The second kappa shape index (κ2) is 2.83. The number of rotatable bonds is 3. The molecule has 0 amide bonds. The Morgan fingerprint density at radius 1 is 1.30 bits per heavy atom. The maximum absolute atomic E-state index is 10.4. The van der Waals surface area contributed by atoms with Crippen molar-refractivity contribution < 1.29 is 17.3 Å². The highest BCUT2D eigenvalue weighted by Crippen LogP contribution is 1.86. The third-order valence-corrected chi connectivity index (χ3v) is 0.840. The van der Waals surface area contributed by atoms with Gasteiger partial charge in [-0.05, 0) is 5.59 Å². The summed E-state index contributed by atoms with van der Waals surface area (Å²) in [5.41, 5.74) is 2.31. The Morgan fingerprint density at radius 3 is 1.80 bits per heavy atom. The van der Waals surface area contributed by atoms with E-state index in [2.05, 4.69) is 9.87 Å². The Labute approximate surface area is 61.2 Å². The Bertz CT molecular complexity index is 191. The first-order valence-electron chi connectivity index (χ1n) is 2.68. The van der Waals surface area contributed by atoms with Gasteiger partial charge in [-0.25, -0.2) is 4.59 Å². The highest BCUT2D eigenvalue weighted by Gasteiger charge is 2.10. The van der Waals surface area contributed by atoms with E-state index >= 15 is 0 Å². The standard InChI is InChI=1S/C4H13N2O3S/c1-6(2,3)5-9-10(4,7)8/h5H,1-4H3/q+1. The first kappa shape index (κ1) is 9.83. The van der Waals surface area contributed by atoms with Crippen molar-refractivity contribution in [2.75, 3.05) is 27.4 Å². The van der Waals surface area contributed by atoms with Gasteiger partial charge in [0.1, 0.15) is 0 Å². The average Bonchev–Trinajstić information content (AvgIpc) is 1.57. The predicted octanol–water partition coefficient (Wildman–Crippen LogP) is -0.912. The Balaban J connectivity index is 3.79. The zero-order chi connectivity index (χ0) is 8.41. The van der Waals surface area contributed by atoms with E-state index in [0.717, 1.165) is 6.26 Å². The summed E-state index contributed by atoms with van der Waals surface area (Å²) in [6, 6.07) is 0. The molecule has 0 aromatic heterocycles. The molecule has 0 fully saturated rings. The minimum Gasteiger partial charge on any atom is -0.228 e. The van der Waals surface area contributed by atoms with E-state index < -0.39 is 10.1 Å². The van der Waals surface area contributed by atoms with Crippen LogP contribution in [0.5, 0.6) is 0 Å². The largest absolute Gasteiger partial charge is 0.284 e. The molecule has 5 nitrogen and oxygen atoms in total. The molecule has 1 N–H and O–H groups in total. The van der Waals surface area contributed by atoms with Gasteiger partial charge in [-0.2, -0.15) is 8.42 Å². The fourth-order valence-electron chi connectivity index (χ4n) is 0.180. The maximum atomic E-state index is 10.4. The number of quaternary nitrogens is 1. The van der Waals surface area contributed by atoms with Crippen molar-refractivity contribution in [1.29, 1.82) is 0 Å². The SMILES string of the molecule is C[N+](C)(C)NOS(C)(=O)=O. The summed E-state index contributed by atoms with van der Waals surface area (Å²) in [6.07, 6.45) is 0.982. The van der Waals surface area contributed by atoms with Crippen LogP contribution in [0.25, 0.3) is 0 Å². The molecule has 0 radical (unpaired) electrons. The molecule has 0 aliphatic rings. The molecule has 6 heteroatoms. The van der Waals surface area contributed by atoms with E-state index in [-0.39, 0.29) is 4.59 Å². The van der Waals surface area contributed by atoms with Gasteiger partial charge in [-0.3, -0.25) is 0 Å². The van der Waals surface area contributed by atoms with Crippen molar-refractivity contribution in [3.8, 4) is 0 Å². The molecule has 0 aromatic rings. The van der Waals surface area contributed by atoms with E-state index in [4.69, 9.17) is 0 Å². The summed E-state index contributed by atoms with van der Waals surface area (Å²) < 4.78 is 25.3. The third kappa shape index (κ3) is 7.83. The van der Waals surface area contributed by atoms with Crippen LogP contribution in [-0.4, -0.2) is 40.4 Å². The Kier molecular flexibility index (Phi) is 2.78. The van der Waals surface area contributed by atoms with E-state index in [1.54, 1.807) is 21.1 Å². The van der Waals surface area contributed by atoms with Gasteiger partial charge in [0.05, 0.1) is 27.4 Å². The quantitative estimate of drug-likeness (QED) is 0.439. The zero-order valence-corrected chi connectivity index (χ0v) is 7.40. The van der Waals surface area contributed by atoms with Gasteiger partial charge < -0.3 is 0 Å². The highest BCUT2D eigenvalue weighted by atomic mass is 32.2. The topological polar surface area (TPSA) is 55.4 Å².